The number of thiophene rings is 1. The highest BCUT2D eigenvalue weighted by molar-refractivity contribution is 7.13. The van der Waals surface area contributed by atoms with Crippen molar-refractivity contribution >= 4 is 23.1 Å². The lowest BCUT2D eigenvalue weighted by Crippen LogP contribution is -2.32. The van der Waals surface area contributed by atoms with E-state index < -0.39 is 6.10 Å². The van der Waals surface area contributed by atoms with Gasteiger partial charge in [0, 0.05) is 10.6 Å². The van der Waals surface area contributed by atoms with Crippen LogP contribution in [0.5, 0.6) is 0 Å². The van der Waals surface area contributed by atoms with Crippen LogP contribution in [-0.4, -0.2) is 17.7 Å². The lowest BCUT2D eigenvalue weighted by Gasteiger charge is -2.11. The van der Waals surface area contributed by atoms with Crippen molar-refractivity contribution in [2.24, 2.45) is 0 Å². The summed E-state index contributed by atoms with van der Waals surface area (Å²) in [5.74, 6) is 0.422. The first-order valence-electron chi connectivity index (χ1n) is 7.54. The third-order valence-electron chi connectivity index (χ3n) is 3.57. The minimum absolute atomic E-state index is 0.0725. The highest BCUT2D eigenvalue weighted by Gasteiger charge is 2.12. The van der Waals surface area contributed by atoms with Crippen LogP contribution >= 0.6 is 11.3 Å². The predicted octanol–water partition coefficient (Wildman–Crippen LogP) is 4.17. The van der Waals surface area contributed by atoms with Crippen LogP contribution < -0.4 is 10.6 Å². The smallest absolute Gasteiger partial charge is 0.319 e. The summed E-state index contributed by atoms with van der Waals surface area (Å²) < 4.78 is 5.09. The fourth-order valence-electron chi connectivity index (χ4n) is 2.35. The Kier molecular flexibility index (Phi) is 4.98. The van der Waals surface area contributed by atoms with Crippen LogP contribution in [0.4, 0.5) is 10.5 Å². The van der Waals surface area contributed by atoms with Crippen molar-refractivity contribution < 1.29 is 14.3 Å². The van der Waals surface area contributed by atoms with Crippen LogP contribution in [0.2, 0.25) is 0 Å². The number of amides is 2. The maximum atomic E-state index is 12.0. The number of aliphatic hydroxyl groups excluding tert-OH is 1. The van der Waals surface area contributed by atoms with Gasteiger partial charge in [-0.1, -0.05) is 12.1 Å². The fourth-order valence-corrected chi connectivity index (χ4v) is 3.28. The number of aryl methyl sites for hydroxylation is 1. The Balaban J connectivity index is 1.60. The van der Waals surface area contributed by atoms with Crippen molar-refractivity contribution in [2.45, 2.75) is 13.0 Å². The Morgan fingerprint density at radius 1 is 1.29 bits per heavy atom. The number of carbonyl (C=O) groups excluding carboxylic acids is 1. The Morgan fingerprint density at radius 2 is 2.17 bits per heavy atom. The van der Waals surface area contributed by atoms with Gasteiger partial charge in [0.15, 0.2) is 0 Å². The van der Waals surface area contributed by atoms with Gasteiger partial charge in [-0.05, 0) is 53.8 Å². The molecule has 124 valence electrons. The van der Waals surface area contributed by atoms with Crippen molar-refractivity contribution in [3.63, 3.8) is 0 Å². The zero-order valence-corrected chi connectivity index (χ0v) is 14.0. The maximum absolute atomic E-state index is 12.0. The Labute approximate surface area is 143 Å². The molecule has 1 aromatic carbocycles. The monoisotopic (exact) mass is 342 g/mol. The van der Waals surface area contributed by atoms with Crippen LogP contribution in [0.3, 0.4) is 0 Å². The third kappa shape index (κ3) is 3.84. The van der Waals surface area contributed by atoms with Gasteiger partial charge in [0.05, 0.1) is 12.8 Å². The third-order valence-corrected chi connectivity index (χ3v) is 4.64. The topological polar surface area (TPSA) is 74.5 Å². The average Bonchev–Trinajstić information content (AvgIpc) is 3.24. The second kappa shape index (κ2) is 7.33. The second-order valence-corrected chi connectivity index (χ2v) is 6.30. The molecule has 0 aliphatic rings. The van der Waals surface area contributed by atoms with E-state index in [1.54, 1.807) is 23.5 Å². The van der Waals surface area contributed by atoms with Crippen molar-refractivity contribution in [2.75, 3.05) is 11.9 Å². The zero-order chi connectivity index (χ0) is 16.9. The Hall–Kier alpha value is -2.57. The molecule has 0 aliphatic carbocycles. The van der Waals surface area contributed by atoms with E-state index in [-0.39, 0.29) is 12.6 Å². The van der Waals surface area contributed by atoms with Gasteiger partial charge in [-0.2, -0.15) is 0 Å². The van der Waals surface area contributed by atoms with E-state index in [9.17, 15) is 9.90 Å². The van der Waals surface area contributed by atoms with E-state index in [1.807, 2.05) is 29.6 Å². The molecule has 0 bridgehead atoms. The summed E-state index contributed by atoms with van der Waals surface area (Å²) in [6.45, 7) is 2.14. The van der Waals surface area contributed by atoms with Crippen molar-refractivity contribution in [3.05, 3.63) is 65.4 Å². The summed E-state index contributed by atoms with van der Waals surface area (Å²) in [5.41, 5.74) is 2.98. The minimum Gasteiger partial charge on any atom is -0.467 e. The van der Waals surface area contributed by atoms with Gasteiger partial charge >= 0.3 is 6.03 Å². The molecule has 24 heavy (non-hydrogen) atoms. The Morgan fingerprint density at radius 3 is 2.88 bits per heavy atom. The predicted molar refractivity (Wildman–Crippen MR) is 95.2 cm³/mol. The fraction of sp³-hybridized carbons (Fsp3) is 0.167. The highest BCUT2D eigenvalue weighted by atomic mass is 32.1. The number of benzene rings is 1. The first kappa shape index (κ1) is 16.3. The van der Waals surface area contributed by atoms with Gasteiger partial charge in [0.25, 0.3) is 0 Å². The molecule has 1 unspecified atom stereocenters. The molecule has 0 fully saturated rings. The largest absolute Gasteiger partial charge is 0.467 e. The highest BCUT2D eigenvalue weighted by Crippen LogP contribution is 2.30. The van der Waals surface area contributed by atoms with Crippen LogP contribution in [-0.2, 0) is 0 Å². The first-order valence-corrected chi connectivity index (χ1v) is 8.42. The average molecular weight is 342 g/mol. The van der Waals surface area contributed by atoms with E-state index in [0.717, 1.165) is 5.56 Å². The molecule has 3 N–H and O–H groups in total. The molecule has 5 nitrogen and oxygen atoms in total. The normalized spacial score (nSPS) is 11.9. The van der Waals surface area contributed by atoms with Crippen LogP contribution in [0.1, 0.15) is 17.4 Å². The number of rotatable bonds is 5. The number of carbonyl (C=O) groups is 1. The number of anilines is 1. The molecular weight excluding hydrogens is 324 g/mol. The molecule has 2 heterocycles. The molecule has 3 aromatic rings. The standard InChI is InChI=1S/C18H18N2O3S/c1-12-7-9-24-17(12)13-4-2-5-14(10-13)20-18(22)19-11-15(21)16-6-3-8-23-16/h2-10,15,21H,11H2,1H3,(H2,19,20,22). The van der Waals surface area contributed by atoms with Crippen molar-refractivity contribution in [3.8, 4) is 10.4 Å². The quantitative estimate of drug-likeness (QED) is 0.651. The van der Waals surface area contributed by atoms with E-state index in [2.05, 4.69) is 23.6 Å². The number of nitrogens with one attached hydrogen (secondary N) is 2. The van der Waals surface area contributed by atoms with Crippen molar-refractivity contribution in [1.29, 1.82) is 0 Å². The molecule has 2 aromatic heterocycles. The summed E-state index contributed by atoms with van der Waals surface area (Å²) in [6.07, 6.45) is 0.613. The number of furan rings is 1. The molecular formula is C18H18N2O3S. The van der Waals surface area contributed by atoms with E-state index in [4.69, 9.17) is 4.42 Å². The lowest BCUT2D eigenvalue weighted by molar-refractivity contribution is 0.149. The van der Waals surface area contributed by atoms with Gasteiger partial charge in [-0.15, -0.1) is 11.3 Å². The molecule has 3 rings (SSSR count). The molecule has 0 saturated carbocycles. The lowest BCUT2D eigenvalue weighted by atomic mass is 10.1. The van der Waals surface area contributed by atoms with Gasteiger partial charge in [0.1, 0.15) is 11.9 Å². The summed E-state index contributed by atoms with van der Waals surface area (Å²) in [4.78, 5) is 13.2. The number of urea groups is 1. The van der Waals surface area contributed by atoms with Crippen LogP contribution in [0.15, 0.2) is 58.5 Å². The van der Waals surface area contributed by atoms with E-state index >= 15 is 0 Å². The molecule has 0 spiro atoms. The molecule has 0 saturated heterocycles. The SMILES string of the molecule is Cc1ccsc1-c1cccc(NC(=O)NCC(O)c2ccco2)c1. The minimum atomic E-state index is -0.870. The molecule has 6 heteroatoms. The Bertz CT molecular complexity index is 811. The van der Waals surface area contributed by atoms with E-state index in [1.165, 1.54) is 16.7 Å². The number of hydrogen-bond donors (Lipinski definition) is 3. The van der Waals surface area contributed by atoms with Crippen LogP contribution in [0.25, 0.3) is 10.4 Å². The van der Waals surface area contributed by atoms with Gasteiger partial charge < -0.3 is 20.2 Å². The second-order valence-electron chi connectivity index (χ2n) is 5.38. The summed E-state index contributed by atoms with van der Waals surface area (Å²) in [6, 6.07) is 12.7. The van der Waals surface area contributed by atoms with E-state index in [0.29, 0.717) is 11.4 Å². The number of aliphatic hydroxyl groups is 1. The molecule has 2 amide bonds. The molecule has 0 aliphatic heterocycles. The zero-order valence-electron chi connectivity index (χ0n) is 13.2. The van der Waals surface area contributed by atoms with Gasteiger partial charge in [0.2, 0.25) is 0 Å². The maximum Gasteiger partial charge on any atom is 0.319 e. The molecule has 1 atom stereocenters. The van der Waals surface area contributed by atoms with Crippen molar-refractivity contribution in [1.82, 2.24) is 5.32 Å². The van der Waals surface area contributed by atoms with Gasteiger partial charge in [-0.3, -0.25) is 0 Å². The van der Waals surface area contributed by atoms with Gasteiger partial charge in [-0.25, -0.2) is 4.79 Å². The first-order chi connectivity index (χ1) is 11.6. The van der Waals surface area contributed by atoms with Crippen LogP contribution in [0, 0.1) is 6.92 Å². The molecule has 0 radical (unpaired) electrons. The summed E-state index contributed by atoms with van der Waals surface area (Å²) >= 11 is 1.67. The summed E-state index contributed by atoms with van der Waals surface area (Å²) in [7, 11) is 0. The number of hydrogen-bond acceptors (Lipinski definition) is 4. The summed E-state index contributed by atoms with van der Waals surface area (Å²) in [5, 5.41) is 17.3.